The molecule has 42 heavy (non-hydrogen) atoms. The highest BCUT2D eigenvalue weighted by atomic mass is 28.4. The summed E-state index contributed by atoms with van der Waals surface area (Å²) < 4.78 is 19.4. The van der Waals surface area contributed by atoms with Gasteiger partial charge in [-0.2, -0.15) is 0 Å². The number of esters is 1. The van der Waals surface area contributed by atoms with E-state index in [1.807, 2.05) is 6.92 Å². The monoisotopic (exact) mass is 620 g/mol. The lowest BCUT2D eigenvalue weighted by atomic mass is 9.59. The van der Waals surface area contributed by atoms with Crippen LogP contribution in [0.15, 0.2) is 0 Å². The molecule has 0 amide bonds. The largest absolute Gasteiger partial charge is 0.465 e. The fourth-order valence-electron chi connectivity index (χ4n) is 8.90. The molecule has 2 saturated carbocycles. The zero-order chi connectivity index (χ0) is 31.6. The molecule has 0 bridgehead atoms. The van der Waals surface area contributed by atoms with E-state index in [-0.39, 0.29) is 23.4 Å². The van der Waals surface area contributed by atoms with Crippen molar-refractivity contribution in [1.82, 2.24) is 0 Å². The van der Waals surface area contributed by atoms with E-state index in [0.29, 0.717) is 36.4 Å². The molecule has 0 N–H and O–H groups in total. The average Bonchev–Trinajstić information content (AvgIpc) is 3.32. The zero-order valence-electron chi connectivity index (χ0n) is 29.6. The van der Waals surface area contributed by atoms with Gasteiger partial charge in [-0.3, -0.25) is 4.79 Å². The summed E-state index contributed by atoms with van der Waals surface area (Å²) in [5, 5.41) is 0. The quantitative estimate of drug-likeness (QED) is 0.0922. The van der Waals surface area contributed by atoms with Crippen LogP contribution in [-0.2, 0) is 18.4 Å². The second-order valence-electron chi connectivity index (χ2n) is 14.6. The van der Waals surface area contributed by atoms with E-state index in [0.717, 1.165) is 19.3 Å². The van der Waals surface area contributed by atoms with Gasteiger partial charge >= 0.3 is 5.97 Å². The summed E-state index contributed by atoms with van der Waals surface area (Å²) in [4.78, 5) is 12.0. The molecule has 0 saturated heterocycles. The maximum Gasteiger partial charge on any atom is 0.317 e. The molecule has 0 aromatic carbocycles. The molecule has 2 aliphatic carbocycles. The van der Waals surface area contributed by atoms with Gasteiger partial charge in [0.25, 0.3) is 0 Å². The third-order valence-electron chi connectivity index (χ3n) is 11.9. The smallest absolute Gasteiger partial charge is 0.317 e. The Kier molecular flexibility index (Phi) is 14.9. The summed E-state index contributed by atoms with van der Waals surface area (Å²) >= 11 is 0. The van der Waals surface area contributed by atoms with Gasteiger partial charge < -0.3 is 13.6 Å². The Morgan fingerprint density at radius 3 is 2.10 bits per heavy atom. The average molecular weight is 621 g/mol. The highest BCUT2D eigenvalue weighted by Crippen LogP contribution is 2.60. The molecule has 2 aliphatic rings. The zero-order valence-corrected chi connectivity index (χ0v) is 31.6. The van der Waals surface area contributed by atoms with Crippen molar-refractivity contribution in [3.63, 3.8) is 0 Å². The van der Waals surface area contributed by atoms with Crippen LogP contribution in [0.4, 0.5) is 0 Å². The first-order valence-electron chi connectivity index (χ1n) is 17.8. The van der Waals surface area contributed by atoms with Crippen molar-refractivity contribution in [2.24, 2.45) is 29.1 Å². The van der Waals surface area contributed by atoms with Crippen molar-refractivity contribution in [2.45, 2.75) is 175 Å². The lowest BCUT2D eigenvalue weighted by Crippen LogP contribution is -2.50. The minimum atomic E-state index is -1.74. The maximum atomic E-state index is 12.0. The van der Waals surface area contributed by atoms with Gasteiger partial charge in [-0.15, -0.1) is 0 Å². The van der Waals surface area contributed by atoms with Gasteiger partial charge in [0.1, 0.15) is 6.42 Å². The van der Waals surface area contributed by atoms with Gasteiger partial charge in [0, 0.05) is 12.0 Å². The number of rotatable bonds is 17. The molecule has 0 radical (unpaired) electrons. The molecule has 244 valence electrons. The summed E-state index contributed by atoms with van der Waals surface area (Å²) in [5.41, 5.74) is 0.204. The number of fused-ring (bicyclic) bond motifs is 1. The summed E-state index contributed by atoms with van der Waals surface area (Å²) in [7, 11) is -3.35. The second kappa shape index (κ2) is 16.6. The van der Waals surface area contributed by atoms with Crippen LogP contribution in [0, 0.1) is 40.9 Å². The van der Waals surface area contributed by atoms with E-state index in [4.69, 9.17) is 13.6 Å². The molecular formula is C36H68O4Si2. The van der Waals surface area contributed by atoms with E-state index in [1.54, 1.807) is 0 Å². The summed E-state index contributed by atoms with van der Waals surface area (Å²) in [6.07, 6.45) is 8.89. The minimum Gasteiger partial charge on any atom is -0.465 e. The number of hydrogen-bond donors (Lipinski definition) is 0. The van der Waals surface area contributed by atoms with Gasteiger partial charge in [0.05, 0.1) is 12.2 Å². The van der Waals surface area contributed by atoms with Crippen LogP contribution in [0.3, 0.4) is 0 Å². The number of carbonyl (C=O) groups is 1. The third kappa shape index (κ3) is 9.44. The van der Waals surface area contributed by atoms with Crippen LogP contribution in [-0.4, -0.2) is 40.9 Å². The topological polar surface area (TPSA) is 44.8 Å². The second-order valence-corrected chi connectivity index (χ2v) is 24.0. The van der Waals surface area contributed by atoms with Gasteiger partial charge in [0.2, 0.25) is 0 Å². The van der Waals surface area contributed by atoms with Crippen LogP contribution in [0.1, 0.15) is 128 Å². The van der Waals surface area contributed by atoms with Crippen molar-refractivity contribution in [3.05, 3.63) is 0 Å². The molecule has 6 atom stereocenters. The van der Waals surface area contributed by atoms with Crippen LogP contribution < -0.4 is 0 Å². The third-order valence-corrected chi connectivity index (χ3v) is 21.4. The predicted molar refractivity (Wildman–Crippen MR) is 184 cm³/mol. The maximum absolute atomic E-state index is 12.0. The van der Waals surface area contributed by atoms with Crippen molar-refractivity contribution in [1.29, 1.82) is 0 Å². The first kappa shape index (κ1) is 37.6. The van der Waals surface area contributed by atoms with Gasteiger partial charge in [-0.1, -0.05) is 80.1 Å². The van der Waals surface area contributed by atoms with Crippen molar-refractivity contribution < 1.29 is 18.4 Å². The molecule has 2 rings (SSSR count). The molecule has 0 aromatic rings. The van der Waals surface area contributed by atoms with Crippen LogP contribution in [0.5, 0.6) is 0 Å². The van der Waals surface area contributed by atoms with E-state index in [1.165, 1.54) is 61.9 Å². The van der Waals surface area contributed by atoms with Crippen molar-refractivity contribution in [3.8, 4) is 11.8 Å². The predicted octanol–water partition coefficient (Wildman–Crippen LogP) is 10.4. The Bertz CT molecular complexity index is 868. The van der Waals surface area contributed by atoms with Crippen molar-refractivity contribution in [2.75, 3.05) is 6.61 Å². The Morgan fingerprint density at radius 1 is 0.952 bits per heavy atom. The molecular weight excluding hydrogens is 553 g/mol. The van der Waals surface area contributed by atoms with E-state index >= 15 is 0 Å². The molecule has 0 aliphatic heterocycles. The van der Waals surface area contributed by atoms with E-state index in [9.17, 15) is 4.79 Å². The molecule has 4 nitrogen and oxygen atoms in total. The molecule has 0 spiro atoms. The Morgan fingerprint density at radius 2 is 1.55 bits per heavy atom. The van der Waals surface area contributed by atoms with Gasteiger partial charge in [0.15, 0.2) is 16.6 Å². The molecule has 0 aromatic heterocycles. The SMILES string of the molecule is CCOC(=O)CC#C[C@H]1C[C@H](O[Si](CC)(CC)CC)[C@@H]2CC[C@H]([C@H](C)CCCC(C)(C)O[Si](CC)(CC)CC)[C@@]2(C)C1. The first-order chi connectivity index (χ1) is 19.8. The fourth-order valence-corrected chi connectivity index (χ4v) is 15.0. The Hall–Kier alpha value is -0.616. The van der Waals surface area contributed by atoms with Gasteiger partial charge in [-0.05, 0) is 112 Å². The number of hydrogen-bond acceptors (Lipinski definition) is 4. The highest BCUT2D eigenvalue weighted by molar-refractivity contribution is 6.74. The minimum absolute atomic E-state index is 0.0338. The normalized spacial score (nSPS) is 27.2. The molecule has 0 heterocycles. The number of ether oxygens (including phenoxy) is 1. The first-order valence-corrected chi connectivity index (χ1v) is 22.9. The van der Waals surface area contributed by atoms with E-state index in [2.05, 4.69) is 81.1 Å². The summed E-state index contributed by atoms with van der Waals surface area (Å²) in [6, 6.07) is 7.21. The number of carbonyl (C=O) groups excluding carboxylic acids is 1. The lowest BCUT2D eigenvalue weighted by molar-refractivity contribution is -0.141. The van der Waals surface area contributed by atoms with Crippen molar-refractivity contribution >= 4 is 22.6 Å². The fraction of sp³-hybridized carbons (Fsp3) is 0.917. The van der Waals surface area contributed by atoms with Crippen LogP contribution in [0.2, 0.25) is 36.3 Å². The lowest BCUT2D eigenvalue weighted by Gasteiger charge is -2.50. The Balaban J connectivity index is 2.20. The standard InChI is InChI=1S/C36H68O4Si2/c1-12-38-34(37)23-19-22-30-27-33(39-41(13-2,14-3)15-4)32-25-24-31(36(32,11)28-30)29(8)21-20-26-35(9,10)40-42(16-5,17-6)18-7/h29-33H,12-18,20-21,23-28H2,1-11H3/t29-,30+,31-,32+,33+,36-/m1/s1. The summed E-state index contributed by atoms with van der Waals surface area (Å²) in [6.45, 7) is 26.1. The Labute approximate surface area is 263 Å². The van der Waals surface area contributed by atoms with Gasteiger partial charge in [-0.25, -0.2) is 0 Å². The molecule has 6 heteroatoms. The highest BCUT2D eigenvalue weighted by Gasteiger charge is 2.55. The van der Waals surface area contributed by atoms with Crippen LogP contribution in [0.25, 0.3) is 0 Å². The van der Waals surface area contributed by atoms with Crippen LogP contribution >= 0.6 is 0 Å². The molecule has 2 fully saturated rings. The molecule has 0 unspecified atom stereocenters. The summed E-state index contributed by atoms with van der Waals surface area (Å²) in [5.74, 6) is 8.84. The van der Waals surface area contributed by atoms with E-state index < -0.39 is 16.6 Å².